The van der Waals surface area contributed by atoms with Crippen molar-refractivity contribution < 1.29 is 33.8 Å². The molecule has 0 radical (unpaired) electrons. The van der Waals surface area contributed by atoms with Crippen molar-refractivity contribution in [3.63, 3.8) is 0 Å². The van der Waals surface area contributed by atoms with Crippen molar-refractivity contribution in [2.45, 2.75) is 183 Å². The van der Waals surface area contributed by atoms with Crippen LogP contribution in [-0.4, -0.2) is 28.9 Å². The van der Waals surface area contributed by atoms with Crippen molar-refractivity contribution in [1.29, 1.82) is 0 Å². The molecule has 0 rings (SSSR count). The first-order chi connectivity index (χ1) is 17.5. The van der Waals surface area contributed by atoms with Crippen LogP contribution in [-0.2, 0) is 29.0 Å². The average Bonchev–Trinajstić information content (AvgIpc) is 2.81. The summed E-state index contributed by atoms with van der Waals surface area (Å²) < 4.78 is 11.6. The molecule has 4 unspecified atom stereocenters. The molecule has 0 aliphatic heterocycles. The van der Waals surface area contributed by atoms with Crippen molar-refractivity contribution >= 4 is 6.16 Å². The highest BCUT2D eigenvalue weighted by atomic mass is 17.3. The van der Waals surface area contributed by atoms with E-state index in [-0.39, 0.29) is 0 Å². The van der Waals surface area contributed by atoms with Crippen LogP contribution in [0.2, 0.25) is 0 Å². The summed E-state index contributed by atoms with van der Waals surface area (Å²) in [6.45, 7) is 23.6. The van der Waals surface area contributed by atoms with E-state index in [0.29, 0.717) is 24.7 Å². The first kappa shape index (κ1) is 37.1. The van der Waals surface area contributed by atoms with Crippen LogP contribution in [0.3, 0.4) is 0 Å². The highest BCUT2D eigenvalue weighted by molar-refractivity contribution is 5.60. The molecule has 38 heavy (non-hydrogen) atoms. The molecule has 0 heterocycles. The lowest BCUT2D eigenvalue weighted by Gasteiger charge is -2.35. The van der Waals surface area contributed by atoms with Gasteiger partial charge in [-0.25, -0.2) is 14.6 Å². The molecule has 228 valence electrons. The van der Waals surface area contributed by atoms with Crippen LogP contribution in [0.25, 0.3) is 0 Å². The molecule has 0 N–H and O–H groups in total. The maximum absolute atomic E-state index is 13.2. The van der Waals surface area contributed by atoms with Crippen LogP contribution < -0.4 is 0 Å². The third-order valence-electron chi connectivity index (χ3n) is 6.63. The normalized spacial score (nSPS) is 17.4. The van der Waals surface area contributed by atoms with Gasteiger partial charge < -0.3 is 9.47 Å². The van der Waals surface area contributed by atoms with Crippen LogP contribution in [0.4, 0.5) is 4.79 Å². The third-order valence-corrected chi connectivity index (χ3v) is 6.63. The summed E-state index contributed by atoms with van der Waals surface area (Å²) >= 11 is 0. The molecule has 0 aliphatic carbocycles. The van der Waals surface area contributed by atoms with Gasteiger partial charge in [0.1, 0.15) is 0 Å². The summed E-state index contributed by atoms with van der Waals surface area (Å²) in [6.07, 6.45) is 10.9. The van der Waals surface area contributed by atoms with Gasteiger partial charge in [0.2, 0.25) is 11.6 Å². The largest absolute Gasteiger partial charge is 0.513 e. The fourth-order valence-corrected chi connectivity index (χ4v) is 4.04. The van der Waals surface area contributed by atoms with Crippen LogP contribution in [0, 0.1) is 11.8 Å². The van der Waals surface area contributed by atoms with Crippen LogP contribution in [0.5, 0.6) is 0 Å². The molecule has 0 saturated heterocycles. The topological polar surface area (TPSA) is 72.5 Å². The Hall–Kier alpha value is -0.890. The van der Waals surface area contributed by atoms with E-state index in [4.69, 9.17) is 29.0 Å². The Kier molecular flexibility index (Phi) is 17.3. The number of ether oxygens (including phenoxy) is 2. The second-order valence-electron chi connectivity index (χ2n) is 13.2. The SMILES string of the molecule is CCCCC(CC)CCC(C)(OOC(C)(C)C)OC(=O)OC(C)(CCC(CC)CCCC)OOC(C)(C)C. The first-order valence-corrected chi connectivity index (χ1v) is 15.2. The third kappa shape index (κ3) is 18.4. The molecule has 0 spiro atoms. The number of hydrogen-bond donors (Lipinski definition) is 0. The number of hydrogen-bond acceptors (Lipinski definition) is 7. The Bertz CT molecular complexity index is 573. The number of carbonyl (C=O) groups excluding carboxylic acids is 1. The molecule has 0 aromatic rings. The Labute approximate surface area is 234 Å². The highest BCUT2D eigenvalue weighted by Gasteiger charge is 2.39. The zero-order valence-electron chi connectivity index (χ0n) is 27.0. The highest BCUT2D eigenvalue weighted by Crippen LogP contribution is 2.32. The van der Waals surface area contributed by atoms with Crippen molar-refractivity contribution in [3.05, 3.63) is 0 Å². The van der Waals surface area contributed by atoms with Gasteiger partial charge in [0.05, 0.1) is 11.2 Å². The fourth-order valence-electron chi connectivity index (χ4n) is 4.04. The summed E-state index contributed by atoms with van der Waals surface area (Å²) in [4.78, 5) is 35.9. The number of unbranched alkanes of at least 4 members (excludes halogenated alkanes) is 2. The molecule has 0 aromatic heterocycles. The lowest BCUT2D eigenvalue weighted by Crippen LogP contribution is -2.43. The maximum atomic E-state index is 13.2. The molecular formula is C31H62O7. The smallest absolute Gasteiger partial charge is 0.399 e. The van der Waals surface area contributed by atoms with Gasteiger partial charge in [-0.1, -0.05) is 79.1 Å². The Morgan fingerprint density at radius 2 is 0.895 bits per heavy atom. The Morgan fingerprint density at radius 1 is 0.553 bits per heavy atom. The van der Waals surface area contributed by atoms with Gasteiger partial charge in [-0.2, -0.15) is 9.78 Å². The van der Waals surface area contributed by atoms with Crippen molar-refractivity contribution in [2.24, 2.45) is 11.8 Å². The minimum atomic E-state index is -1.30. The van der Waals surface area contributed by atoms with Crippen LogP contribution in [0.15, 0.2) is 0 Å². The Morgan fingerprint density at radius 3 is 1.16 bits per heavy atom. The summed E-state index contributed by atoms with van der Waals surface area (Å²) in [6, 6.07) is 0. The summed E-state index contributed by atoms with van der Waals surface area (Å²) in [7, 11) is 0. The van der Waals surface area contributed by atoms with E-state index in [1.807, 2.05) is 41.5 Å². The first-order valence-electron chi connectivity index (χ1n) is 15.2. The number of rotatable bonds is 20. The zero-order chi connectivity index (χ0) is 29.5. The maximum Gasteiger partial charge on any atom is 0.513 e. The standard InChI is InChI=1S/C31H62O7/c1-13-17-19-25(15-3)21-23-30(11,37-35-28(5,6)7)33-27(32)34-31(12,38-36-29(8,9)10)24-22-26(16-4)20-18-14-2/h25-26H,13-24H2,1-12H3. The minimum Gasteiger partial charge on any atom is -0.399 e. The van der Waals surface area contributed by atoms with Gasteiger partial charge in [0, 0.05) is 26.7 Å². The van der Waals surface area contributed by atoms with Crippen molar-refractivity contribution in [3.8, 4) is 0 Å². The van der Waals surface area contributed by atoms with E-state index in [9.17, 15) is 4.79 Å². The monoisotopic (exact) mass is 546 g/mol. The molecule has 0 amide bonds. The molecule has 0 fully saturated rings. The second-order valence-corrected chi connectivity index (χ2v) is 13.2. The van der Waals surface area contributed by atoms with E-state index in [0.717, 1.165) is 51.4 Å². The zero-order valence-corrected chi connectivity index (χ0v) is 27.0. The van der Waals surface area contributed by atoms with E-state index < -0.39 is 28.9 Å². The number of carbonyl (C=O) groups is 1. The van der Waals surface area contributed by atoms with Gasteiger partial charge in [-0.15, -0.1) is 0 Å². The van der Waals surface area contributed by atoms with Gasteiger partial charge in [0.15, 0.2) is 0 Å². The predicted molar refractivity (Wildman–Crippen MR) is 153 cm³/mol. The van der Waals surface area contributed by atoms with Gasteiger partial charge in [0.25, 0.3) is 0 Å². The second kappa shape index (κ2) is 17.7. The molecule has 7 heteroatoms. The Balaban J connectivity index is 5.58. The fraction of sp³-hybridized carbons (Fsp3) is 0.968. The lowest BCUT2D eigenvalue weighted by atomic mass is 9.92. The molecule has 0 aromatic carbocycles. The van der Waals surface area contributed by atoms with E-state index >= 15 is 0 Å². The van der Waals surface area contributed by atoms with Crippen molar-refractivity contribution in [1.82, 2.24) is 0 Å². The molecule has 0 aliphatic rings. The quantitative estimate of drug-likeness (QED) is 0.0651. The van der Waals surface area contributed by atoms with E-state index in [2.05, 4.69) is 27.7 Å². The van der Waals surface area contributed by atoms with E-state index in [1.165, 1.54) is 12.8 Å². The van der Waals surface area contributed by atoms with Gasteiger partial charge in [-0.05, 0) is 66.2 Å². The van der Waals surface area contributed by atoms with Crippen molar-refractivity contribution in [2.75, 3.05) is 0 Å². The average molecular weight is 547 g/mol. The van der Waals surface area contributed by atoms with Crippen LogP contribution in [0.1, 0.15) is 160 Å². The molecule has 4 atom stereocenters. The van der Waals surface area contributed by atoms with Gasteiger partial charge in [-0.3, -0.25) is 0 Å². The predicted octanol–water partition coefficient (Wildman–Crippen LogP) is 10.1. The molecule has 0 saturated carbocycles. The minimum absolute atomic E-state index is 0.491. The summed E-state index contributed by atoms with van der Waals surface area (Å²) in [5, 5.41) is 0. The van der Waals surface area contributed by atoms with E-state index in [1.54, 1.807) is 13.8 Å². The molecule has 7 nitrogen and oxygen atoms in total. The van der Waals surface area contributed by atoms with Gasteiger partial charge >= 0.3 is 6.16 Å². The summed E-state index contributed by atoms with van der Waals surface area (Å²) in [5.74, 6) is -1.56. The summed E-state index contributed by atoms with van der Waals surface area (Å²) in [5.41, 5.74) is -1.13. The molecule has 0 bridgehead atoms. The molecular weight excluding hydrogens is 484 g/mol. The lowest BCUT2D eigenvalue weighted by molar-refractivity contribution is -0.462. The van der Waals surface area contributed by atoms with Crippen LogP contribution >= 0.6 is 0 Å².